The molecule has 0 unspecified atom stereocenters. The summed E-state index contributed by atoms with van der Waals surface area (Å²) in [5, 5.41) is 2.50. The molecule has 0 aliphatic rings. The van der Waals surface area contributed by atoms with Gasteiger partial charge in [-0.15, -0.1) is 11.3 Å². The average Bonchev–Trinajstić information content (AvgIpc) is 2.88. The first kappa shape index (κ1) is 14.0. The van der Waals surface area contributed by atoms with Crippen LogP contribution in [0.2, 0.25) is 5.02 Å². The minimum atomic E-state index is -0.0888. The third-order valence-electron chi connectivity index (χ3n) is 2.84. The molecule has 0 spiro atoms. The molecule has 1 amide bonds. The fourth-order valence-corrected chi connectivity index (χ4v) is 2.71. The van der Waals surface area contributed by atoms with Crippen molar-refractivity contribution >= 4 is 28.8 Å². The largest absolute Gasteiger partial charge is 0.341 e. The summed E-state index contributed by atoms with van der Waals surface area (Å²) in [6.07, 6.45) is 2.40. The van der Waals surface area contributed by atoms with E-state index in [1.807, 2.05) is 18.4 Å². The summed E-state index contributed by atoms with van der Waals surface area (Å²) in [5.74, 6) is -0.0888. The van der Waals surface area contributed by atoms with Gasteiger partial charge >= 0.3 is 0 Å². The normalized spacial score (nSPS) is 10.5. The van der Waals surface area contributed by atoms with Crippen LogP contribution in [0.25, 0.3) is 0 Å². The number of aromatic nitrogens is 1. The van der Waals surface area contributed by atoms with Gasteiger partial charge in [0.15, 0.2) is 0 Å². The van der Waals surface area contributed by atoms with Crippen molar-refractivity contribution in [3.8, 4) is 0 Å². The topological polar surface area (TPSA) is 33.2 Å². The Bertz CT molecular complexity index is 569. The number of carbonyl (C=O) groups is 1. The van der Waals surface area contributed by atoms with Gasteiger partial charge in [0.05, 0.1) is 10.6 Å². The molecule has 19 heavy (non-hydrogen) atoms. The maximum atomic E-state index is 12.2. The molecule has 2 heterocycles. The number of amides is 1. The van der Waals surface area contributed by atoms with Gasteiger partial charge in [-0.3, -0.25) is 9.78 Å². The van der Waals surface area contributed by atoms with E-state index in [1.54, 1.807) is 35.5 Å². The maximum absolute atomic E-state index is 12.2. The standard InChI is InChI=1S/C14H15ClN2OS/c1-10-8-13(15)12(9-16-10)14(18)17(2)6-5-11-4-3-7-19-11/h3-4,7-9H,5-6H2,1-2H3. The minimum absolute atomic E-state index is 0.0888. The molecule has 3 nitrogen and oxygen atoms in total. The van der Waals surface area contributed by atoms with Gasteiger partial charge in [0.2, 0.25) is 0 Å². The summed E-state index contributed by atoms with van der Waals surface area (Å²) in [6, 6.07) is 5.80. The zero-order valence-corrected chi connectivity index (χ0v) is 12.5. The van der Waals surface area contributed by atoms with Gasteiger partial charge in [0.1, 0.15) is 0 Å². The molecule has 0 radical (unpaired) electrons. The number of rotatable bonds is 4. The smallest absolute Gasteiger partial charge is 0.256 e. The second-order valence-electron chi connectivity index (χ2n) is 4.36. The van der Waals surface area contributed by atoms with Crippen LogP contribution in [-0.2, 0) is 6.42 Å². The third-order valence-corrected chi connectivity index (χ3v) is 4.09. The van der Waals surface area contributed by atoms with E-state index >= 15 is 0 Å². The Labute approximate surface area is 121 Å². The van der Waals surface area contributed by atoms with Crippen LogP contribution in [0.4, 0.5) is 0 Å². The zero-order valence-electron chi connectivity index (χ0n) is 10.9. The SMILES string of the molecule is Cc1cc(Cl)c(C(=O)N(C)CCc2cccs2)cn1. The Morgan fingerprint density at radius 3 is 2.95 bits per heavy atom. The summed E-state index contributed by atoms with van der Waals surface area (Å²) in [6.45, 7) is 2.52. The van der Waals surface area contributed by atoms with E-state index in [4.69, 9.17) is 11.6 Å². The predicted molar refractivity (Wildman–Crippen MR) is 79.0 cm³/mol. The number of hydrogen-bond acceptors (Lipinski definition) is 3. The summed E-state index contributed by atoms with van der Waals surface area (Å²) < 4.78 is 0. The molecule has 0 bridgehead atoms. The Balaban J connectivity index is 2.02. The molecule has 0 saturated heterocycles. The molecule has 2 rings (SSSR count). The molecule has 2 aromatic heterocycles. The molecule has 0 aliphatic heterocycles. The first-order valence-electron chi connectivity index (χ1n) is 5.98. The van der Waals surface area contributed by atoms with Gasteiger partial charge < -0.3 is 4.90 Å². The van der Waals surface area contributed by atoms with Gasteiger partial charge in [-0.1, -0.05) is 17.7 Å². The molecule has 0 fully saturated rings. The van der Waals surface area contributed by atoms with E-state index in [1.165, 1.54) is 4.88 Å². The fraction of sp³-hybridized carbons (Fsp3) is 0.286. The predicted octanol–water partition coefficient (Wildman–Crippen LogP) is 3.42. The van der Waals surface area contributed by atoms with Crippen molar-refractivity contribution in [3.05, 3.63) is 50.9 Å². The van der Waals surface area contributed by atoms with Crippen molar-refractivity contribution in [2.24, 2.45) is 0 Å². The highest BCUT2D eigenvalue weighted by Gasteiger charge is 2.15. The average molecular weight is 295 g/mol. The molecule has 0 atom stereocenters. The van der Waals surface area contributed by atoms with Crippen molar-refractivity contribution in [2.45, 2.75) is 13.3 Å². The van der Waals surface area contributed by atoms with E-state index < -0.39 is 0 Å². The minimum Gasteiger partial charge on any atom is -0.341 e. The molecule has 0 N–H and O–H groups in total. The van der Waals surface area contributed by atoms with Crippen LogP contribution in [0.1, 0.15) is 20.9 Å². The molecule has 0 aliphatic carbocycles. The van der Waals surface area contributed by atoms with E-state index in [0.29, 0.717) is 17.1 Å². The third kappa shape index (κ3) is 3.55. The van der Waals surface area contributed by atoms with Gasteiger partial charge in [-0.2, -0.15) is 0 Å². The Morgan fingerprint density at radius 1 is 1.53 bits per heavy atom. The van der Waals surface area contributed by atoms with Gasteiger partial charge in [-0.25, -0.2) is 0 Å². The van der Waals surface area contributed by atoms with Crippen LogP contribution in [-0.4, -0.2) is 29.4 Å². The number of halogens is 1. The Kier molecular flexibility index (Phi) is 4.56. The molecule has 5 heteroatoms. The number of hydrogen-bond donors (Lipinski definition) is 0. The molecule has 100 valence electrons. The molecular weight excluding hydrogens is 280 g/mol. The lowest BCUT2D eigenvalue weighted by Gasteiger charge is -2.17. The number of pyridine rings is 1. The summed E-state index contributed by atoms with van der Waals surface area (Å²) in [7, 11) is 1.78. The highest BCUT2D eigenvalue weighted by atomic mass is 35.5. The maximum Gasteiger partial charge on any atom is 0.256 e. The second kappa shape index (κ2) is 6.17. The lowest BCUT2D eigenvalue weighted by molar-refractivity contribution is 0.0796. The van der Waals surface area contributed by atoms with Crippen LogP contribution >= 0.6 is 22.9 Å². The summed E-state index contributed by atoms with van der Waals surface area (Å²) in [4.78, 5) is 19.3. The zero-order chi connectivity index (χ0) is 13.8. The number of aryl methyl sites for hydroxylation is 1. The van der Waals surface area contributed by atoms with Crippen molar-refractivity contribution in [1.82, 2.24) is 9.88 Å². The lowest BCUT2D eigenvalue weighted by Crippen LogP contribution is -2.29. The first-order chi connectivity index (χ1) is 9.08. The van der Waals surface area contributed by atoms with Gasteiger partial charge in [0.25, 0.3) is 5.91 Å². The van der Waals surface area contributed by atoms with Crippen LogP contribution in [0.5, 0.6) is 0 Å². The van der Waals surface area contributed by atoms with E-state index in [9.17, 15) is 4.79 Å². The van der Waals surface area contributed by atoms with Crippen LogP contribution in [0.3, 0.4) is 0 Å². The lowest BCUT2D eigenvalue weighted by atomic mass is 10.2. The number of carbonyl (C=O) groups excluding carboxylic acids is 1. The monoisotopic (exact) mass is 294 g/mol. The number of likely N-dealkylation sites (N-methyl/N-ethyl adjacent to an activating group) is 1. The molecular formula is C14H15ClN2OS. The quantitative estimate of drug-likeness (QED) is 0.866. The van der Waals surface area contributed by atoms with Crippen molar-refractivity contribution < 1.29 is 4.79 Å². The Hall–Kier alpha value is -1.39. The summed E-state index contributed by atoms with van der Waals surface area (Å²) >= 11 is 7.78. The van der Waals surface area contributed by atoms with E-state index in [2.05, 4.69) is 11.1 Å². The summed E-state index contributed by atoms with van der Waals surface area (Å²) in [5.41, 5.74) is 1.27. The van der Waals surface area contributed by atoms with Crippen LogP contribution in [0, 0.1) is 6.92 Å². The highest BCUT2D eigenvalue weighted by Crippen LogP contribution is 2.18. The molecule has 2 aromatic rings. The Morgan fingerprint density at radius 2 is 2.32 bits per heavy atom. The van der Waals surface area contributed by atoms with E-state index in [-0.39, 0.29) is 5.91 Å². The van der Waals surface area contributed by atoms with Gasteiger partial charge in [0, 0.05) is 30.4 Å². The highest BCUT2D eigenvalue weighted by molar-refractivity contribution is 7.09. The molecule has 0 aromatic carbocycles. The molecule has 0 saturated carbocycles. The van der Waals surface area contributed by atoms with Crippen molar-refractivity contribution in [1.29, 1.82) is 0 Å². The number of nitrogens with zero attached hydrogens (tertiary/aromatic N) is 2. The second-order valence-corrected chi connectivity index (χ2v) is 5.80. The number of thiophene rings is 1. The van der Waals surface area contributed by atoms with E-state index in [0.717, 1.165) is 12.1 Å². The fourth-order valence-electron chi connectivity index (χ4n) is 1.72. The van der Waals surface area contributed by atoms with Crippen LogP contribution < -0.4 is 0 Å². The van der Waals surface area contributed by atoms with Crippen LogP contribution in [0.15, 0.2) is 29.8 Å². The van der Waals surface area contributed by atoms with Gasteiger partial charge in [-0.05, 0) is 30.9 Å². The van der Waals surface area contributed by atoms with Crippen molar-refractivity contribution in [2.75, 3.05) is 13.6 Å². The first-order valence-corrected chi connectivity index (χ1v) is 7.23. The van der Waals surface area contributed by atoms with Crippen molar-refractivity contribution in [3.63, 3.8) is 0 Å².